The van der Waals surface area contributed by atoms with Crippen LogP contribution < -0.4 is 15.3 Å². The minimum Gasteiger partial charge on any atom is -0.436 e. The second-order valence-corrected chi connectivity index (χ2v) is 10.1. The third-order valence-electron chi connectivity index (χ3n) is 5.17. The van der Waals surface area contributed by atoms with Gasteiger partial charge in [-0.15, -0.1) is 0 Å². The van der Waals surface area contributed by atoms with E-state index in [0.717, 1.165) is 12.7 Å². The smallest absolute Gasteiger partial charge is 0.319 e. The first-order chi connectivity index (χ1) is 15.8. The molecular weight excluding hydrogens is 467 g/mol. The number of nitrogen functional groups attached to an aromatic ring is 1. The fourth-order valence-corrected chi connectivity index (χ4v) is 4.93. The van der Waals surface area contributed by atoms with E-state index >= 15 is 0 Å². The van der Waals surface area contributed by atoms with E-state index in [9.17, 15) is 4.79 Å². The number of benzene rings is 1. The molecule has 0 aliphatic carbocycles. The van der Waals surface area contributed by atoms with Crippen molar-refractivity contribution in [1.82, 2.24) is 24.6 Å². The van der Waals surface area contributed by atoms with E-state index in [1.165, 1.54) is 6.33 Å². The van der Waals surface area contributed by atoms with Gasteiger partial charge in [-0.25, -0.2) is 20.0 Å². The highest BCUT2D eigenvalue weighted by Crippen LogP contribution is 2.41. The van der Waals surface area contributed by atoms with Crippen LogP contribution in [0.25, 0.3) is 11.2 Å². The maximum absolute atomic E-state index is 11.4. The van der Waals surface area contributed by atoms with Crippen LogP contribution in [0.4, 0.5) is 5.82 Å². The van der Waals surface area contributed by atoms with Crippen molar-refractivity contribution >= 4 is 43.4 Å². The quantitative estimate of drug-likeness (QED) is 0.338. The van der Waals surface area contributed by atoms with Crippen LogP contribution in [0, 0.1) is 5.92 Å². The molecule has 2 aromatic heterocycles. The molecule has 1 fully saturated rings. The number of aldehydes is 1. The second-order valence-electron chi connectivity index (χ2n) is 8.49. The number of hydrogen-bond donors (Lipinski definition) is 2. The van der Waals surface area contributed by atoms with E-state index in [0.29, 0.717) is 27.8 Å². The molecule has 0 amide bonds. The molecule has 0 bridgehead atoms. The molecule has 3 heterocycles. The van der Waals surface area contributed by atoms with Gasteiger partial charge in [-0.3, -0.25) is 4.57 Å². The Hall–Kier alpha value is -2.36. The summed E-state index contributed by atoms with van der Waals surface area (Å²) < 4.78 is 20.2. The lowest BCUT2D eigenvalue weighted by atomic mass is 10.1. The van der Waals surface area contributed by atoms with Crippen molar-refractivity contribution in [2.24, 2.45) is 5.92 Å². The van der Waals surface area contributed by atoms with Gasteiger partial charge in [-0.2, -0.15) is 0 Å². The number of anilines is 1. The first-order valence-electron chi connectivity index (χ1n) is 10.4. The first kappa shape index (κ1) is 23.8. The topological polar surface area (TPSA) is 126 Å². The summed E-state index contributed by atoms with van der Waals surface area (Å²) in [7, 11) is -1.62. The predicted molar refractivity (Wildman–Crippen MR) is 126 cm³/mol. The maximum Gasteiger partial charge on any atom is 0.319 e. The molecule has 4 rings (SSSR count). The molecule has 1 aliphatic rings. The molecule has 12 heteroatoms. The van der Waals surface area contributed by atoms with E-state index in [4.69, 9.17) is 31.1 Å². The zero-order valence-corrected chi connectivity index (χ0v) is 20.2. The number of nitrogens with two attached hydrogens (primary N) is 1. The van der Waals surface area contributed by atoms with Crippen LogP contribution in [0.2, 0.25) is 5.02 Å². The van der Waals surface area contributed by atoms with E-state index in [1.807, 2.05) is 4.57 Å². The molecule has 176 valence electrons. The van der Waals surface area contributed by atoms with Crippen molar-refractivity contribution in [2.75, 3.05) is 12.3 Å². The lowest BCUT2D eigenvalue weighted by molar-refractivity contribution is -0.111. The number of imidazole rings is 1. The SMILES string of the molecule is CC1CC(COP(NC(C)(C)C=O)Oc2ccc(Cl)cc2)OC1n1cnc2c(N)ncnc21. The standard InChI is InChI=1S/C21H26ClN6O4P/c1-13-8-16(31-20(13)28-12-26-17-18(23)24-11-25-19(17)28)9-30-33(27-21(2,3)10-29)32-15-6-4-14(22)5-7-15/h4-7,10-13,16,20,27H,8-9H2,1-3H3,(H2,23,24,25). The average molecular weight is 493 g/mol. The number of aromatic nitrogens is 4. The Morgan fingerprint density at radius 2 is 2.09 bits per heavy atom. The Morgan fingerprint density at radius 3 is 2.82 bits per heavy atom. The maximum atomic E-state index is 11.4. The molecule has 0 spiro atoms. The highest BCUT2D eigenvalue weighted by Gasteiger charge is 2.36. The van der Waals surface area contributed by atoms with Crippen LogP contribution >= 0.6 is 20.1 Å². The van der Waals surface area contributed by atoms with Gasteiger partial charge >= 0.3 is 8.53 Å². The van der Waals surface area contributed by atoms with Gasteiger partial charge in [-0.05, 0) is 44.5 Å². The van der Waals surface area contributed by atoms with Crippen molar-refractivity contribution in [3.8, 4) is 5.75 Å². The van der Waals surface area contributed by atoms with Crippen molar-refractivity contribution < 1.29 is 18.6 Å². The first-order valence-corrected chi connectivity index (χ1v) is 12.0. The second kappa shape index (κ2) is 9.87. The summed E-state index contributed by atoms with van der Waals surface area (Å²) in [5.74, 6) is 1.11. The Bertz CT molecular complexity index is 1110. The molecule has 3 aromatic rings. The van der Waals surface area contributed by atoms with Gasteiger partial charge in [0.05, 0.1) is 24.6 Å². The average Bonchev–Trinajstić information content (AvgIpc) is 3.37. The number of ether oxygens (including phenoxy) is 1. The van der Waals surface area contributed by atoms with Crippen LogP contribution in [0.5, 0.6) is 5.75 Å². The summed E-state index contributed by atoms with van der Waals surface area (Å²) in [5.41, 5.74) is 6.26. The summed E-state index contributed by atoms with van der Waals surface area (Å²) in [5, 5.41) is 3.73. The molecular formula is C21H26ClN6O4P. The predicted octanol–water partition coefficient (Wildman–Crippen LogP) is 3.88. The number of fused-ring (bicyclic) bond motifs is 1. The number of carbonyl (C=O) groups is 1. The van der Waals surface area contributed by atoms with Crippen LogP contribution in [0.3, 0.4) is 0 Å². The van der Waals surface area contributed by atoms with Crippen LogP contribution in [0.1, 0.15) is 33.4 Å². The van der Waals surface area contributed by atoms with Gasteiger partial charge in [-0.1, -0.05) is 18.5 Å². The molecule has 1 aromatic carbocycles. The van der Waals surface area contributed by atoms with Gasteiger partial charge in [0.2, 0.25) is 0 Å². The van der Waals surface area contributed by atoms with Gasteiger partial charge in [0.15, 0.2) is 11.5 Å². The summed E-state index contributed by atoms with van der Waals surface area (Å²) in [6.45, 7) is 5.89. The molecule has 1 saturated heterocycles. The molecule has 3 N–H and O–H groups in total. The molecule has 4 unspecified atom stereocenters. The largest absolute Gasteiger partial charge is 0.436 e. The Morgan fingerprint density at radius 1 is 1.33 bits per heavy atom. The van der Waals surface area contributed by atoms with Gasteiger partial charge in [0, 0.05) is 10.9 Å². The van der Waals surface area contributed by atoms with Crippen LogP contribution in [0.15, 0.2) is 36.9 Å². The van der Waals surface area contributed by atoms with Crippen LogP contribution in [-0.2, 0) is 14.1 Å². The number of rotatable bonds is 9. The summed E-state index contributed by atoms with van der Waals surface area (Å²) >= 11 is 5.96. The molecule has 1 aliphatic heterocycles. The highest BCUT2D eigenvalue weighted by molar-refractivity contribution is 7.45. The minimum atomic E-state index is -1.62. The number of carbonyl (C=O) groups excluding carboxylic acids is 1. The highest BCUT2D eigenvalue weighted by atomic mass is 35.5. The molecule has 4 atom stereocenters. The van der Waals surface area contributed by atoms with Crippen molar-refractivity contribution in [3.63, 3.8) is 0 Å². The summed E-state index contributed by atoms with van der Waals surface area (Å²) in [4.78, 5) is 24.1. The monoisotopic (exact) mass is 492 g/mol. The van der Waals surface area contributed by atoms with Crippen LogP contribution in [-0.4, -0.2) is 44.1 Å². The van der Waals surface area contributed by atoms with Crippen molar-refractivity contribution in [2.45, 2.75) is 45.1 Å². The van der Waals surface area contributed by atoms with E-state index in [-0.39, 0.29) is 24.9 Å². The summed E-state index contributed by atoms with van der Waals surface area (Å²) in [6.07, 6.45) is 4.23. The number of hydrogen-bond acceptors (Lipinski definition) is 9. The number of nitrogens with one attached hydrogen (secondary N) is 1. The normalized spacial score (nSPS) is 21.9. The Kier molecular flexibility index (Phi) is 7.11. The molecule has 10 nitrogen and oxygen atoms in total. The zero-order chi connectivity index (χ0) is 23.6. The fraction of sp³-hybridized carbons (Fsp3) is 0.429. The lowest BCUT2D eigenvalue weighted by Crippen LogP contribution is -2.38. The number of halogens is 1. The van der Waals surface area contributed by atoms with E-state index in [1.54, 1.807) is 44.4 Å². The van der Waals surface area contributed by atoms with Gasteiger partial charge in [0.25, 0.3) is 0 Å². The van der Waals surface area contributed by atoms with Crippen molar-refractivity contribution in [1.29, 1.82) is 0 Å². The molecule has 0 radical (unpaired) electrons. The summed E-state index contributed by atoms with van der Waals surface area (Å²) in [6, 6.07) is 6.96. The van der Waals surface area contributed by atoms with Gasteiger partial charge < -0.3 is 24.3 Å². The third-order valence-corrected chi connectivity index (χ3v) is 6.94. The fourth-order valence-electron chi connectivity index (χ4n) is 3.51. The minimum absolute atomic E-state index is 0.179. The van der Waals surface area contributed by atoms with E-state index in [2.05, 4.69) is 27.0 Å². The number of nitrogens with zero attached hydrogens (tertiary/aromatic N) is 4. The third kappa shape index (κ3) is 5.59. The molecule has 33 heavy (non-hydrogen) atoms. The zero-order valence-electron chi connectivity index (χ0n) is 18.5. The lowest BCUT2D eigenvalue weighted by Gasteiger charge is -2.26. The van der Waals surface area contributed by atoms with E-state index < -0.39 is 14.1 Å². The molecule has 0 saturated carbocycles. The Labute approximate surface area is 197 Å². The van der Waals surface area contributed by atoms with Crippen molar-refractivity contribution in [3.05, 3.63) is 41.9 Å². The Balaban J connectivity index is 1.43. The van der Waals surface area contributed by atoms with Gasteiger partial charge in [0.1, 0.15) is 30.1 Å².